The van der Waals surface area contributed by atoms with E-state index in [1.165, 1.54) is 12.1 Å². The molecule has 0 fully saturated rings. The van der Waals surface area contributed by atoms with Crippen LogP contribution in [0.1, 0.15) is 24.1 Å². The minimum Gasteiger partial charge on any atom is -0.457 e. The van der Waals surface area contributed by atoms with Gasteiger partial charge in [-0.1, -0.05) is 15.9 Å². The number of halogens is 2. The number of ether oxygens (including phenoxy) is 1. The molecule has 2 aromatic rings. The monoisotopic (exact) mass is 337 g/mol. The Morgan fingerprint density at radius 2 is 1.85 bits per heavy atom. The van der Waals surface area contributed by atoms with Crippen molar-refractivity contribution < 1.29 is 9.13 Å². The SMILES string of the molecule is CNC(C)c1cc(Br)ccc1Oc1ccc(F)cc1C. The van der Waals surface area contributed by atoms with Crippen LogP contribution in [0.2, 0.25) is 0 Å². The normalized spacial score (nSPS) is 12.2. The van der Waals surface area contributed by atoms with E-state index in [1.807, 2.05) is 32.2 Å². The molecule has 106 valence electrons. The Balaban J connectivity index is 2.37. The molecule has 0 heterocycles. The molecule has 2 rings (SSSR count). The zero-order valence-corrected chi connectivity index (χ0v) is 13.3. The predicted octanol–water partition coefficient (Wildman–Crippen LogP) is 4.97. The van der Waals surface area contributed by atoms with Crippen LogP contribution < -0.4 is 10.1 Å². The van der Waals surface area contributed by atoms with Crippen LogP contribution >= 0.6 is 15.9 Å². The Morgan fingerprint density at radius 3 is 2.50 bits per heavy atom. The van der Waals surface area contributed by atoms with E-state index in [-0.39, 0.29) is 11.9 Å². The third-order valence-corrected chi connectivity index (χ3v) is 3.72. The molecule has 1 N–H and O–H groups in total. The summed E-state index contributed by atoms with van der Waals surface area (Å²) in [6, 6.07) is 10.5. The fraction of sp³-hybridized carbons (Fsp3) is 0.250. The van der Waals surface area contributed by atoms with E-state index in [0.717, 1.165) is 21.3 Å². The Hall–Kier alpha value is -1.39. The van der Waals surface area contributed by atoms with Crippen LogP contribution in [0.3, 0.4) is 0 Å². The largest absolute Gasteiger partial charge is 0.457 e. The smallest absolute Gasteiger partial charge is 0.132 e. The third-order valence-electron chi connectivity index (χ3n) is 3.23. The molecule has 0 saturated heterocycles. The summed E-state index contributed by atoms with van der Waals surface area (Å²) in [4.78, 5) is 0. The first-order chi connectivity index (χ1) is 9.51. The fourth-order valence-corrected chi connectivity index (χ4v) is 2.33. The van der Waals surface area contributed by atoms with Crippen molar-refractivity contribution in [1.29, 1.82) is 0 Å². The molecule has 0 saturated carbocycles. The van der Waals surface area contributed by atoms with Gasteiger partial charge in [0.25, 0.3) is 0 Å². The van der Waals surface area contributed by atoms with Gasteiger partial charge in [0.1, 0.15) is 17.3 Å². The topological polar surface area (TPSA) is 21.3 Å². The highest BCUT2D eigenvalue weighted by atomic mass is 79.9. The van der Waals surface area contributed by atoms with E-state index < -0.39 is 0 Å². The fourth-order valence-electron chi connectivity index (χ4n) is 1.95. The van der Waals surface area contributed by atoms with Gasteiger partial charge in [0.05, 0.1) is 0 Å². The average molecular weight is 338 g/mol. The Labute approximate surface area is 127 Å². The first-order valence-electron chi connectivity index (χ1n) is 6.42. The second-order valence-corrected chi connectivity index (χ2v) is 5.62. The van der Waals surface area contributed by atoms with Crippen LogP contribution in [0.15, 0.2) is 40.9 Å². The maximum atomic E-state index is 13.1. The van der Waals surface area contributed by atoms with E-state index in [1.54, 1.807) is 6.07 Å². The van der Waals surface area contributed by atoms with Gasteiger partial charge >= 0.3 is 0 Å². The van der Waals surface area contributed by atoms with E-state index in [0.29, 0.717) is 5.75 Å². The number of hydrogen-bond donors (Lipinski definition) is 1. The lowest BCUT2D eigenvalue weighted by molar-refractivity contribution is 0.461. The zero-order chi connectivity index (χ0) is 14.7. The van der Waals surface area contributed by atoms with Gasteiger partial charge in [0, 0.05) is 16.1 Å². The highest BCUT2D eigenvalue weighted by Gasteiger charge is 2.12. The first-order valence-corrected chi connectivity index (χ1v) is 7.21. The standard InChI is InChI=1S/C16H17BrFNO/c1-10-8-13(18)5-7-15(10)20-16-6-4-12(17)9-14(16)11(2)19-3/h4-9,11,19H,1-3H3. The van der Waals surface area contributed by atoms with Crippen LogP contribution in [0.25, 0.3) is 0 Å². The lowest BCUT2D eigenvalue weighted by atomic mass is 10.1. The van der Waals surface area contributed by atoms with Gasteiger partial charge < -0.3 is 10.1 Å². The summed E-state index contributed by atoms with van der Waals surface area (Å²) in [7, 11) is 1.90. The highest BCUT2D eigenvalue weighted by Crippen LogP contribution is 2.33. The van der Waals surface area contributed by atoms with Gasteiger partial charge in [0.2, 0.25) is 0 Å². The van der Waals surface area contributed by atoms with Crippen molar-refractivity contribution >= 4 is 15.9 Å². The third kappa shape index (κ3) is 3.38. The number of hydrogen-bond acceptors (Lipinski definition) is 2. The molecule has 0 aliphatic rings. The summed E-state index contributed by atoms with van der Waals surface area (Å²) >= 11 is 3.47. The van der Waals surface area contributed by atoms with Crippen LogP contribution in [-0.2, 0) is 0 Å². The Bertz CT molecular complexity index is 615. The Morgan fingerprint density at radius 1 is 1.15 bits per heavy atom. The van der Waals surface area contributed by atoms with Crippen molar-refractivity contribution in [2.45, 2.75) is 19.9 Å². The molecular weight excluding hydrogens is 321 g/mol. The molecule has 2 nitrogen and oxygen atoms in total. The molecule has 20 heavy (non-hydrogen) atoms. The van der Waals surface area contributed by atoms with E-state index in [2.05, 4.69) is 28.2 Å². The lowest BCUT2D eigenvalue weighted by Gasteiger charge is -2.17. The second-order valence-electron chi connectivity index (χ2n) is 4.70. The molecule has 0 aliphatic carbocycles. The molecule has 0 aliphatic heterocycles. The lowest BCUT2D eigenvalue weighted by Crippen LogP contribution is -2.13. The summed E-state index contributed by atoms with van der Waals surface area (Å²) in [5.74, 6) is 1.18. The van der Waals surface area contributed by atoms with Gasteiger partial charge in [-0.15, -0.1) is 0 Å². The summed E-state index contributed by atoms with van der Waals surface area (Å²) in [6.45, 7) is 3.89. The van der Waals surface area contributed by atoms with Gasteiger partial charge in [-0.3, -0.25) is 0 Å². The molecule has 0 bridgehead atoms. The van der Waals surface area contributed by atoms with Crippen molar-refractivity contribution in [3.05, 3.63) is 57.8 Å². The molecule has 0 spiro atoms. The zero-order valence-electron chi connectivity index (χ0n) is 11.7. The minimum atomic E-state index is -0.255. The van der Waals surface area contributed by atoms with Crippen molar-refractivity contribution in [3.63, 3.8) is 0 Å². The van der Waals surface area contributed by atoms with Crippen LogP contribution in [0.5, 0.6) is 11.5 Å². The van der Waals surface area contributed by atoms with E-state index in [9.17, 15) is 4.39 Å². The average Bonchev–Trinajstić information content (AvgIpc) is 2.42. The minimum absolute atomic E-state index is 0.156. The molecule has 0 radical (unpaired) electrons. The number of nitrogens with one attached hydrogen (secondary N) is 1. The number of rotatable bonds is 4. The van der Waals surface area contributed by atoms with Crippen molar-refractivity contribution in [1.82, 2.24) is 5.32 Å². The maximum Gasteiger partial charge on any atom is 0.132 e. The van der Waals surface area contributed by atoms with Gasteiger partial charge in [-0.05, 0) is 62.9 Å². The van der Waals surface area contributed by atoms with Crippen molar-refractivity contribution in [2.75, 3.05) is 7.05 Å². The first kappa shape index (κ1) is 15.0. The van der Waals surface area contributed by atoms with E-state index in [4.69, 9.17) is 4.74 Å². The summed E-state index contributed by atoms with van der Waals surface area (Å²) in [6.07, 6.45) is 0. The Kier molecular flexibility index (Phi) is 4.78. The van der Waals surface area contributed by atoms with E-state index >= 15 is 0 Å². The molecule has 4 heteroatoms. The van der Waals surface area contributed by atoms with Gasteiger partial charge in [0.15, 0.2) is 0 Å². The predicted molar refractivity (Wildman–Crippen MR) is 82.8 cm³/mol. The number of aryl methyl sites for hydroxylation is 1. The van der Waals surface area contributed by atoms with Crippen LogP contribution in [0.4, 0.5) is 4.39 Å². The van der Waals surface area contributed by atoms with Gasteiger partial charge in [-0.25, -0.2) is 4.39 Å². The highest BCUT2D eigenvalue weighted by molar-refractivity contribution is 9.10. The molecular formula is C16H17BrFNO. The van der Waals surface area contributed by atoms with Crippen molar-refractivity contribution in [2.24, 2.45) is 0 Å². The molecule has 0 aromatic heterocycles. The maximum absolute atomic E-state index is 13.1. The molecule has 2 aromatic carbocycles. The second kappa shape index (κ2) is 6.37. The van der Waals surface area contributed by atoms with Crippen LogP contribution in [0, 0.1) is 12.7 Å². The molecule has 1 atom stereocenters. The van der Waals surface area contributed by atoms with Crippen LogP contribution in [-0.4, -0.2) is 7.05 Å². The van der Waals surface area contributed by atoms with Crippen molar-refractivity contribution in [3.8, 4) is 11.5 Å². The molecule has 1 unspecified atom stereocenters. The number of benzene rings is 2. The molecule has 0 amide bonds. The summed E-state index contributed by atoms with van der Waals surface area (Å²) in [5.41, 5.74) is 1.82. The quantitative estimate of drug-likeness (QED) is 0.850. The summed E-state index contributed by atoms with van der Waals surface area (Å²) in [5, 5.41) is 3.20. The summed E-state index contributed by atoms with van der Waals surface area (Å²) < 4.78 is 20.1. The van der Waals surface area contributed by atoms with Gasteiger partial charge in [-0.2, -0.15) is 0 Å².